The highest BCUT2D eigenvalue weighted by Gasteiger charge is 2.26. The lowest BCUT2D eigenvalue weighted by molar-refractivity contribution is -0.385. The van der Waals surface area contributed by atoms with Crippen LogP contribution >= 0.6 is 0 Å². The first-order valence-electron chi connectivity index (χ1n) is 4.76. The minimum Gasteiger partial charge on any atom is -0.490 e. The molecule has 0 bridgehead atoms. The predicted octanol–water partition coefficient (Wildman–Crippen LogP) is 1.83. The first kappa shape index (κ1) is 10.4. The van der Waals surface area contributed by atoms with Gasteiger partial charge in [-0.1, -0.05) is 0 Å². The van der Waals surface area contributed by atoms with Crippen molar-refractivity contribution >= 4 is 11.7 Å². The zero-order valence-electron chi connectivity index (χ0n) is 8.25. The number of nitrogens with zero attached hydrogens (tertiary/aromatic N) is 1. The Morgan fingerprint density at radius 1 is 1.50 bits per heavy atom. The fourth-order valence-electron chi connectivity index (χ4n) is 1.30. The molecule has 1 aliphatic carbocycles. The SMILES string of the molecule is O=C(O)c1cc(OC2CC2)ccc1[N+](=O)[O-]. The normalized spacial score (nSPS) is 14.5. The molecule has 0 unspecified atom stereocenters. The summed E-state index contributed by atoms with van der Waals surface area (Å²) in [6.07, 6.45) is 2.02. The van der Waals surface area contributed by atoms with Gasteiger partial charge in [0.05, 0.1) is 11.0 Å². The third-order valence-corrected chi connectivity index (χ3v) is 2.22. The standard InChI is InChI=1S/C10H9NO5/c12-10(13)8-5-7(16-6-1-2-6)3-4-9(8)11(14)15/h3-6H,1-2H2,(H,12,13). The minimum atomic E-state index is -1.33. The molecule has 1 aliphatic rings. The van der Waals surface area contributed by atoms with Gasteiger partial charge in [-0.05, 0) is 18.9 Å². The second-order valence-corrected chi connectivity index (χ2v) is 3.56. The van der Waals surface area contributed by atoms with Crippen LogP contribution in [0.3, 0.4) is 0 Å². The fourth-order valence-corrected chi connectivity index (χ4v) is 1.30. The van der Waals surface area contributed by atoms with Crippen LogP contribution in [0.25, 0.3) is 0 Å². The lowest BCUT2D eigenvalue weighted by Gasteiger charge is -2.05. The quantitative estimate of drug-likeness (QED) is 0.621. The molecule has 0 saturated heterocycles. The van der Waals surface area contributed by atoms with Crippen LogP contribution in [-0.4, -0.2) is 22.1 Å². The van der Waals surface area contributed by atoms with Crippen molar-refractivity contribution in [2.45, 2.75) is 18.9 Å². The Hall–Kier alpha value is -2.11. The lowest BCUT2D eigenvalue weighted by Crippen LogP contribution is -2.04. The van der Waals surface area contributed by atoms with Crippen molar-refractivity contribution in [3.63, 3.8) is 0 Å². The number of aromatic carboxylic acids is 1. The van der Waals surface area contributed by atoms with Crippen LogP contribution in [-0.2, 0) is 0 Å². The summed E-state index contributed by atoms with van der Waals surface area (Å²) in [6, 6.07) is 3.77. The van der Waals surface area contributed by atoms with E-state index in [9.17, 15) is 14.9 Å². The van der Waals surface area contributed by atoms with Crippen molar-refractivity contribution in [2.75, 3.05) is 0 Å². The maximum Gasteiger partial charge on any atom is 0.342 e. The molecule has 84 valence electrons. The highest BCUT2D eigenvalue weighted by Crippen LogP contribution is 2.30. The average Bonchev–Trinajstić information content (AvgIpc) is 3.01. The molecule has 2 rings (SSSR count). The maximum absolute atomic E-state index is 10.8. The van der Waals surface area contributed by atoms with Crippen LogP contribution in [0.2, 0.25) is 0 Å². The van der Waals surface area contributed by atoms with E-state index in [1.165, 1.54) is 12.1 Å². The molecule has 0 atom stereocenters. The second kappa shape index (κ2) is 3.80. The molecule has 0 amide bonds. The number of carboxylic acid groups (broad SMARTS) is 1. The molecule has 1 fully saturated rings. The van der Waals surface area contributed by atoms with E-state index in [2.05, 4.69) is 0 Å². The third kappa shape index (κ3) is 2.10. The molecule has 0 aliphatic heterocycles. The van der Waals surface area contributed by atoms with Gasteiger partial charge in [-0.25, -0.2) is 4.79 Å². The minimum absolute atomic E-state index is 0.128. The van der Waals surface area contributed by atoms with Gasteiger partial charge < -0.3 is 9.84 Å². The summed E-state index contributed by atoms with van der Waals surface area (Å²) in [7, 11) is 0. The van der Waals surface area contributed by atoms with Gasteiger partial charge in [0.1, 0.15) is 11.3 Å². The molecule has 0 heterocycles. The number of benzene rings is 1. The van der Waals surface area contributed by atoms with Crippen LogP contribution in [0.15, 0.2) is 18.2 Å². The van der Waals surface area contributed by atoms with Crippen molar-refractivity contribution < 1.29 is 19.6 Å². The van der Waals surface area contributed by atoms with Crippen LogP contribution in [0.5, 0.6) is 5.75 Å². The van der Waals surface area contributed by atoms with Crippen LogP contribution < -0.4 is 4.74 Å². The van der Waals surface area contributed by atoms with Crippen LogP contribution in [0.4, 0.5) is 5.69 Å². The monoisotopic (exact) mass is 223 g/mol. The number of hydrogen-bond donors (Lipinski definition) is 1. The van der Waals surface area contributed by atoms with E-state index in [0.29, 0.717) is 5.75 Å². The summed E-state index contributed by atoms with van der Waals surface area (Å²) >= 11 is 0. The third-order valence-electron chi connectivity index (χ3n) is 2.22. The Bertz CT molecular complexity index is 453. The molecule has 6 heteroatoms. The molecular weight excluding hydrogens is 214 g/mol. The number of nitro groups is 1. The lowest BCUT2D eigenvalue weighted by atomic mass is 10.1. The van der Waals surface area contributed by atoms with Gasteiger partial charge in [0, 0.05) is 12.1 Å². The van der Waals surface area contributed by atoms with Crippen LogP contribution in [0.1, 0.15) is 23.2 Å². The molecule has 6 nitrogen and oxygen atoms in total. The molecular formula is C10H9NO5. The van der Waals surface area contributed by atoms with Gasteiger partial charge in [-0.2, -0.15) is 0 Å². The first-order chi connectivity index (χ1) is 7.58. The topological polar surface area (TPSA) is 89.7 Å². The van der Waals surface area contributed by atoms with Gasteiger partial charge in [0.15, 0.2) is 0 Å². The molecule has 16 heavy (non-hydrogen) atoms. The van der Waals surface area contributed by atoms with E-state index in [0.717, 1.165) is 18.9 Å². The zero-order valence-corrected chi connectivity index (χ0v) is 8.25. The smallest absolute Gasteiger partial charge is 0.342 e. The highest BCUT2D eigenvalue weighted by molar-refractivity contribution is 5.92. The zero-order chi connectivity index (χ0) is 11.7. The number of hydrogen-bond acceptors (Lipinski definition) is 4. The average molecular weight is 223 g/mol. The number of nitro benzene ring substituents is 1. The van der Waals surface area contributed by atoms with Crippen molar-refractivity contribution in [2.24, 2.45) is 0 Å². The molecule has 0 spiro atoms. The van der Waals surface area contributed by atoms with Gasteiger partial charge in [-0.3, -0.25) is 10.1 Å². The molecule has 0 aromatic heterocycles. The van der Waals surface area contributed by atoms with Gasteiger partial charge >= 0.3 is 5.97 Å². The Balaban J connectivity index is 2.34. The van der Waals surface area contributed by atoms with Crippen molar-refractivity contribution in [1.29, 1.82) is 0 Å². The number of ether oxygens (including phenoxy) is 1. The Morgan fingerprint density at radius 3 is 2.69 bits per heavy atom. The maximum atomic E-state index is 10.8. The first-order valence-corrected chi connectivity index (χ1v) is 4.76. The predicted molar refractivity (Wildman–Crippen MR) is 53.7 cm³/mol. The summed E-state index contributed by atoms with van der Waals surface area (Å²) in [5.74, 6) is -0.960. The summed E-state index contributed by atoms with van der Waals surface area (Å²) in [6.45, 7) is 0. The van der Waals surface area contributed by atoms with Crippen molar-refractivity contribution in [1.82, 2.24) is 0 Å². The number of rotatable bonds is 4. The second-order valence-electron chi connectivity index (χ2n) is 3.56. The molecule has 1 N–H and O–H groups in total. The molecule has 0 radical (unpaired) electrons. The van der Waals surface area contributed by atoms with E-state index in [1.54, 1.807) is 0 Å². The number of carbonyl (C=O) groups is 1. The number of carboxylic acids is 1. The van der Waals surface area contributed by atoms with Crippen molar-refractivity contribution in [3.8, 4) is 5.75 Å². The summed E-state index contributed by atoms with van der Waals surface area (Å²) in [5, 5.41) is 19.4. The van der Waals surface area contributed by atoms with Crippen molar-refractivity contribution in [3.05, 3.63) is 33.9 Å². The van der Waals surface area contributed by atoms with E-state index in [4.69, 9.17) is 9.84 Å². The van der Waals surface area contributed by atoms with Gasteiger partial charge in [0.25, 0.3) is 5.69 Å². The van der Waals surface area contributed by atoms with Gasteiger partial charge in [0.2, 0.25) is 0 Å². The fraction of sp³-hybridized carbons (Fsp3) is 0.300. The van der Waals surface area contributed by atoms with E-state index in [-0.39, 0.29) is 11.7 Å². The van der Waals surface area contributed by atoms with Crippen LogP contribution in [0, 0.1) is 10.1 Å². The molecule has 1 aromatic carbocycles. The summed E-state index contributed by atoms with van der Waals surface area (Å²) in [4.78, 5) is 20.7. The van der Waals surface area contributed by atoms with E-state index >= 15 is 0 Å². The summed E-state index contributed by atoms with van der Waals surface area (Å²) < 4.78 is 5.36. The summed E-state index contributed by atoms with van der Waals surface area (Å²) in [5.41, 5.74) is -0.765. The highest BCUT2D eigenvalue weighted by atomic mass is 16.6. The molecule has 1 saturated carbocycles. The van der Waals surface area contributed by atoms with Gasteiger partial charge in [-0.15, -0.1) is 0 Å². The molecule has 1 aromatic rings. The Morgan fingerprint density at radius 2 is 2.19 bits per heavy atom. The Labute approximate surface area is 90.6 Å². The van der Waals surface area contributed by atoms with E-state index < -0.39 is 16.6 Å². The largest absolute Gasteiger partial charge is 0.490 e. The van der Waals surface area contributed by atoms with E-state index in [1.807, 2.05) is 0 Å². The Kier molecular flexibility index (Phi) is 2.47.